The average molecular weight is 423 g/mol. The predicted molar refractivity (Wildman–Crippen MR) is 111 cm³/mol. The van der Waals surface area contributed by atoms with Gasteiger partial charge in [-0.25, -0.2) is 13.5 Å². The van der Waals surface area contributed by atoms with E-state index < -0.39 is 6.43 Å². The summed E-state index contributed by atoms with van der Waals surface area (Å²) in [4.78, 5) is 28.8. The van der Waals surface area contributed by atoms with E-state index in [9.17, 15) is 18.4 Å². The van der Waals surface area contributed by atoms with Gasteiger partial charge >= 0.3 is 0 Å². The van der Waals surface area contributed by atoms with E-state index >= 15 is 0 Å². The summed E-state index contributed by atoms with van der Waals surface area (Å²) in [7, 11) is 1.50. The molecule has 1 aliphatic heterocycles. The summed E-state index contributed by atoms with van der Waals surface area (Å²) in [6, 6.07) is 12.9. The van der Waals surface area contributed by atoms with Crippen LogP contribution < -0.4 is 10.5 Å². The molecule has 0 unspecified atom stereocenters. The summed E-state index contributed by atoms with van der Waals surface area (Å²) in [5.74, 6) is -0.314. The molecule has 2 heterocycles. The van der Waals surface area contributed by atoms with Gasteiger partial charge in [0.15, 0.2) is 5.69 Å². The molecule has 0 saturated carbocycles. The fraction of sp³-hybridized carbons (Fsp3) is 0.273. The molecule has 31 heavy (non-hydrogen) atoms. The number of carbonyl (C=O) groups is 1. The Labute approximate surface area is 176 Å². The first-order valence-electron chi connectivity index (χ1n) is 9.73. The number of carbonyl (C=O) groups excluding carboxylic acids is 1. The van der Waals surface area contributed by atoms with Gasteiger partial charge in [-0.2, -0.15) is 10.4 Å². The van der Waals surface area contributed by atoms with Crippen LogP contribution in [0.25, 0.3) is 10.8 Å². The second-order valence-corrected chi connectivity index (χ2v) is 7.29. The normalized spacial score (nSPS) is 14.2. The van der Waals surface area contributed by atoms with Crippen LogP contribution in [0, 0.1) is 11.3 Å². The average Bonchev–Trinajstić information content (AvgIpc) is 2.80. The number of benzene rings is 2. The van der Waals surface area contributed by atoms with Crippen molar-refractivity contribution in [3.8, 4) is 6.07 Å². The third kappa shape index (κ3) is 3.72. The molecule has 0 bridgehead atoms. The van der Waals surface area contributed by atoms with Gasteiger partial charge in [0.2, 0.25) is 0 Å². The molecule has 4 rings (SSSR count). The third-order valence-electron chi connectivity index (χ3n) is 5.46. The van der Waals surface area contributed by atoms with E-state index in [0.717, 1.165) is 4.68 Å². The molecule has 0 spiro atoms. The van der Waals surface area contributed by atoms with Crippen molar-refractivity contribution in [2.75, 3.05) is 31.1 Å². The number of fused-ring (bicyclic) bond motifs is 1. The van der Waals surface area contributed by atoms with Gasteiger partial charge in [-0.3, -0.25) is 9.59 Å². The molecule has 9 heteroatoms. The number of piperazine rings is 1. The molecule has 1 aliphatic rings. The molecule has 1 saturated heterocycles. The van der Waals surface area contributed by atoms with Crippen LogP contribution in [-0.4, -0.2) is 46.8 Å². The molecule has 2 aromatic carbocycles. The van der Waals surface area contributed by atoms with Crippen LogP contribution in [0.3, 0.4) is 0 Å². The molecular formula is C22H19F2N5O2. The van der Waals surface area contributed by atoms with E-state index in [1.807, 2.05) is 6.07 Å². The number of nitrogens with zero attached hydrogens (tertiary/aromatic N) is 5. The van der Waals surface area contributed by atoms with Crippen LogP contribution in [0.5, 0.6) is 0 Å². The van der Waals surface area contributed by atoms with Gasteiger partial charge < -0.3 is 9.80 Å². The number of anilines is 1. The molecule has 1 aromatic heterocycles. The molecule has 0 radical (unpaired) electrons. The predicted octanol–water partition coefficient (Wildman–Crippen LogP) is 2.71. The molecule has 1 amide bonds. The number of aryl methyl sites for hydroxylation is 1. The van der Waals surface area contributed by atoms with E-state index in [1.165, 1.54) is 25.2 Å². The summed E-state index contributed by atoms with van der Waals surface area (Å²) in [6.07, 6.45) is -2.66. The SMILES string of the molecule is Cn1nc(C(=O)N2CCN(c3cc(C#N)ccc3C(F)F)CC2)c2ccccc2c1=O. The zero-order valence-corrected chi connectivity index (χ0v) is 16.8. The van der Waals surface area contributed by atoms with Crippen LogP contribution in [0.4, 0.5) is 14.5 Å². The molecule has 0 aliphatic carbocycles. The van der Waals surface area contributed by atoms with Crippen molar-refractivity contribution >= 4 is 22.4 Å². The number of aromatic nitrogens is 2. The topological polar surface area (TPSA) is 82.2 Å². The standard InChI is InChI=1S/C22H19F2N5O2/c1-27-21(30)16-5-3-2-4-15(16)19(26-27)22(31)29-10-8-28(9-11-29)18-12-14(13-25)6-7-17(18)20(23)24/h2-7,12,20H,8-11H2,1H3. The van der Waals surface area contributed by atoms with Crippen LogP contribution >= 0.6 is 0 Å². The third-order valence-corrected chi connectivity index (χ3v) is 5.46. The number of hydrogen-bond acceptors (Lipinski definition) is 5. The quantitative estimate of drug-likeness (QED) is 0.647. The Kier molecular flexibility index (Phi) is 5.38. The van der Waals surface area contributed by atoms with E-state index in [2.05, 4.69) is 5.10 Å². The highest BCUT2D eigenvalue weighted by molar-refractivity contribution is 6.04. The Hall–Kier alpha value is -3.80. The number of amides is 1. The number of alkyl halides is 2. The minimum atomic E-state index is -2.66. The smallest absolute Gasteiger partial charge is 0.275 e. The van der Waals surface area contributed by atoms with Gasteiger partial charge in [0, 0.05) is 49.9 Å². The lowest BCUT2D eigenvalue weighted by Gasteiger charge is -2.37. The van der Waals surface area contributed by atoms with Gasteiger partial charge in [-0.15, -0.1) is 0 Å². The minimum absolute atomic E-state index is 0.135. The van der Waals surface area contributed by atoms with Gasteiger partial charge in [-0.1, -0.05) is 18.2 Å². The maximum atomic E-state index is 13.5. The second-order valence-electron chi connectivity index (χ2n) is 7.29. The molecule has 0 N–H and O–H groups in total. The lowest BCUT2D eigenvalue weighted by Crippen LogP contribution is -2.49. The van der Waals surface area contributed by atoms with E-state index in [-0.39, 0.29) is 22.7 Å². The number of halogens is 2. The monoisotopic (exact) mass is 423 g/mol. The Morgan fingerprint density at radius 3 is 2.42 bits per heavy atom. The van der Waals surface area contributed by atoms with Crippen molar-refractivity contribution in [3.63, 3.8) is 0 Å². The first kappa shape index (κ1) is 20.5. The Balaban J connectivity index is 1.59. The number of rotatable bonds is 3. The Bertz CT molecular complexity index is 1260. The molecular weight excluding hydrogens is 404 g/mol. The molecule has 158 valence electrons. The fourth-order valence-electron chi connectivity index (χ4n) is 3.83. The summed E-state index contributed by atoms with van der Waals surface area (Å²) in [6.45, 7) is 1.28. The zero-order chi connectivity index (χ0) is 22.1. The van der Waals surface area contributed by atoms with Crippen LogP contribution in [0.2, 0.25) is 0 Å². The molecule has 0 atom stereocenters. The highest BCUT2D eigenvalue weighted by Gasteiger charge is 2.27. The Morgan fingerprint density at radius 2 is 1.77 bits per heavy atom. The first-order valence-corrected chi connectivity index (χ1v) is 9.73. The summed E-state index contributed by atoms with van der Waals surface area (Å²) in [5.41, 5.74) is 0.384. The first-order chi connectivity index (χ1) is 14.9. The van der Waals surface area contributed by atoms with Crippen molar-refractivity contribution < 1.29 is 13.6 Å². The highest BCUT2D eigenvalue weighted by Crippen LogP contribution is 2.31. The summed E-state index contributed by atoms with van der Waals surface area (Å²) >= 11 is 0. The Morgan fingerprint density at radius 1 is 1.10 bits per heavy atom. The largest absolute Gasteiger partial charge is 0.368 e. The van der Waals surface area contributed by atoms with Gasteiger partial charge in [-0.05, 0) is 24.3 Å². The van der Waals surface area contributed by atoms with E-state index in [1.54, 1.807) is 34.1 Å². The molecule has 7 nitrogen and oxygen atoms in total. The second kappa shape index (κ2) is 8.14. The van der Waals surface area contributed by atoms with Crippen molar-refractivity contribution in [3.05, 3.63) is 69.6 Å². The van der Waals surface area contributed by atoms with Gasteiger partial charge in [0.25, 0.3) is 17.9 Å². The van der Waals surface area contributed by atoms with Gasteiger partial charge in [0.05, 0.1) is 17.0 Å². The van der Waals surface area contributed by atoms with Gasteiger partial charge in [0.1, 0.15) is 0 Å². The number of nitriles is 1. The van der Waals surface area contributed by atoms with Crippen molar-refractivity contribution in [2.45, 2.75) is 6.43 Å². The molecule has 3 aromatic rings. The zero-order valence-electron chi connectivity index (χ0n) is 16.8. The summed E-state index contributed by atoms with van der Waals surface area (Å²) < 4.78 is 28.1. The molecule has 1 fully saturated rings. The van der Waals surface area contributed by atoms with Crippen molar-refractivity contribution in [2.24, 2.45) is 7.05 Å². The van der Waals surface area contributed by atoms with E-state index in [0.29, 0.717) is 48.2 Å². The van der Waals surface area contributed by atoms with Crippen molar-refractivity contribution in [1.82, 2.24) is 14.7 Å². The lowest BCUT2D eigenvalue weighted by molar-refractivity contribution is 0.0740. The lowest BCUT2D eigenvalue weighted by atomic mass is 10.1. The number of hydrogen-bond donors (Lipinski definition) is 0. The van der Waals surface area contributed by atoms with Crippen LogP contribution in [0.15, 0.2) is 47.3 Å². The summed E-state index contributed by atoms with van der Waals surface area (Å²) in [5, 5.41) is 14.2. The maximum absolute atomic E-state index is 13.5. The maximum Gasteiger partial charge on any atom is 0.275 e. The minimum Gasteiger partial charge on any atom is -0.368 e. The fourth-order valence-corrected chi connectivity index (χ4v) is 3.83. The van der Waals surface area contributed by atoms with E-state index in [4.69, 9.17) is 5.26 Å². The van der Waals surface area contributed by atoms with Crippen LogP contribution in [-0.2, 0) is 7.05 Å². The van der Waals surface area contributed by atoms with Crippen LogP contribution in [0.1, 0.15) is 28.0 Å². The van der Waals surface area contributed by atoms with Crippen molar-refractivity contribution in [1.29, 1.82) is 5.26 Å². The highest BCUT2D eigenvalue weighted by atomic mass is 19.3.